The number of benzene rings is 1. The third-order valence-corrected chi connectivity index (χ3v) is 6.14. The second-order valence-electron chi connectivity index (χ2n) is 9.41. The van der Waals surface area contributed by atoms with Crippen LogP contribution < -0.4 is 16.6 Å². The summed E-state index contributed by atoms with van der Waals surface area (Å²) in [5.74, 6) is -0.477. The van der Waals surface area contributed by atoms with E-state index in [9.17, 15) is 24.6 Å². The highest BCUT2D eigenvalue weighted by Crippen LogP contribution is 2.26. The molecule has 1 aliphatic rings. The molecule has 0 radical (unpaired) electrons. The highest BCUT2D eigenvalue weighted by molar-refractivity contribution is 6.33. The molecule has 2 aromatic rings. The lowest BCUT2D eigenvalue weighted by Crippen LogP contribution is -2.45. The van der Waals surface area contributed by atoms with Crippen LogP contribution in [0.15, 0.2) is 34.0 Å². The fraction of sp³-hybridized carbons (Fsp3) is 0.565. The number of halogens is 1. The molecule has 1 aromatic carbocycles. The van der Waals surface area contributed by atoms with Crippen molar-refractivity contribution in [2.75, 3.05) is 6.54 Å². The molecule has 1 saturated carbocycles. The van der Waals surface area contributed by atoms with Crippen LogP contribution in [0, 0.1) is 0 Å². The highest BCUT2D eigenvalue weighted by Gasteiger charge is 2.28. The summed E-state index contributed by atoms with van der Waals surface area (Å²) < 4.78 is 1.86. The maximum absolute atomic E-state index is 12.9. The van der Waals surface area contributed by atoms with Gasteiger partial charge >= 0.3 is 5.69 Å². The van der Waals surface area contributed by atoms with Gasteiger partial charge in [0, 0.05) is 6.54 Å². The van der Waals surface area contributed by atoms with Gasteiger partial charge in [-0.25, -0.2) is 4.79 Å². The first-order chi connectivity index (χ1) is 15.5. The molecule has 33 heavy (non-hydrogen) atoms. The number of rotatable bonds is 6. The summed E-state index contributed by atoms with van der Waals surface area (Å²) in [4.78, 5) is 37.8. The first-order valence-electron chi connectivity index (χ1n) is 11.2. The second-order valence-corrected chi connectivity index (χ2v) is 9.82. The van der Waals surface area contributed by atoms with E-state index in [2.05, 4.69) is 10.4 Å². The lowest BCUT2D eigenvalue weighted by Gasteiger charge is -2.30. The van der Waals surface area contributed by atoms with Crippen molar-refractivity contribution >= 4 is 17.5 Å². The molecule has 3 N–H and O–H groups in total. The summed E-state index contributed by atoms with van der Waals surface area (Å²) in [5.41, 5.74) is -3.27. The predicted molar refractivity (Wildman–Crippen MR) is 125 cm³/mol. The van der Waals surface area contributed by atoms with Gasteiger partial charge in [0.25, 0.3) is 11.5 Å². The van der Waals surface area contributed by atoms with E-state index < -0.39 is 28.4 Å². The van der Waals surface area contributed by atoms with Crippen molar-refractivity contribution in [3.8, 4) is 5.69 Å². The van der Waals surface area contributed by atoms with Crippen molar-refractivity contribution in [2.45, 2.75) is 76.5 Å². The number of hydrogen-bond donors (Lipinski definition) is 3. The number of carbonyl (C=O) groups excluding carboxylic acids is 1. The Bertz CT molecular complexity index is 1110. The maximum atomic E-state index is 12.9. The van der Waals surface area contributed by atoms with Crippen molar-refractivity contribution in [2.24, 2.45) is 0 Å². The maximum Gasteiger partial charge on any atom is 0.352 e. The van der Waals surface area contributed by atoms with E-state index in [-0.39, 0.29) is 29.4 Å². The summed E-state index contributed by atoms with van der Waals surface area (Å²) in [6, 6.07) is 4.39. The largest absolute Gasteiger partial charge is 0.389 e. The quantitative estimate of drug-likeness (QED) is 0.583. The Labute approximate surface area is 197 Å². The Balaban J connectivity index is 1.85. The van der Waals surface area contributed by atoms with Crippen molar-refractivity contribution in [1.29, 1.82) is 0 Å². The van der Waals surface area contributed by atoms with Crippen molar-refractivity contribution in [1.82, 2.24) is 19.7 Å². The molecule has 0 aliphatic heterocycles. The molecule has 1 aromatic heterocycles. The molecule has 3 rings (SSSR count). The van der Waals surface area contributed by atoms with Crippen LogP contribution in [0.25, 0.3) is 5.69 Å². The van der Waals surface area contributed by atoms with Crippen LogP contribution in [0.1, 0.15) is 69.2 Å². The molecule has 0 atom stereocenters. The molecule has 9 nitrogen and oxygen atoms in total. The van der Waals surface area contributed by atoms with Gasteiger partial charge in [-0.05, 0) is 44.9 Å². The highest BCUT2D eigenvalue weighted by atomic mass is 35.5. The summed E-state index contributed by atoms with van der Waals surface area (Å²) in [5, 5.41) is 27.8. The summed E-state index contributed by atoms with van der Waals surface area (Å²) >= 11 is 6.25. The fourth-order valence-electron chi connectivity index (χ4n) is 4.04. The Morgan fingerprint density at radius 1 is 1.18 bits per heavy atom. The fourth-order valence-corrected chi connectivity index (χ4v) is 4.25. The normalized spacial score (nSPS) is 16.6. The SMILES string of the molecule is CC(C)(O)Cn1c(=O)cnn(-c2ccc(Cl)c(C(=O)NCC3(O)CCCCCCC3)c2)c1=O. The van der Waals surface area contributed by atoms with Crippen LogP contribution in [0.4, 0.5) is 0 Å². The third-order valence-electron chi connectivity index (χ3n) is 5.81. The molecule has 0 spiro atoms. The third kappa shape index (κ3) is 6.52. The van der Waals surface area contributed by atoms with Gasteiger partial charge < -0.3 is 15.5 Å². The molecule has 180 valence electrons. The smallest absolute Gasteiger partial charge is 0.352 e. The number of carbonyl (C=O) groups is 1. The Morgan fingerprint density at radius 2 is 1.82 bits per heavy atom. The number of hydrogen-bond acceptors (Lipinski definition) is 6. The second kappa shape index (κ2) is 10.2. The minimum absolute atomic E-state index is 0.112. The van der Waals surface area contributed by atoms with Gasteiger partial charge in [-0.1, -0.05) is 43.7 Å². The average Bonchev–Trinajstić information content (AvgIpc) is 2.72. The lowest BCUT2D eigenvalue weighted by molar-refractivity contribution is 0.0146. The Kier molecular flexibility index (Phi) is 7.76. The van der Waals surface area contributed by atoms with Crippen LogP contribution in [-0.2, 0) is 6.54 Å². The van der Waals surface area contributed by atoms with Crippen molar-refractivity contribution < 1.29 is 15.0 Å². The zero-order chi connectivity index (χ0) is 24.2. The number of amides is 1. The number of aromatic nitrogens is 3. The summed E-state index contributed by atoms with van der Waals surface area (Å²) in [6.45, 7) is 2.87. The molecule has 1 fully saturated rings. The minimum atomic E-state index is -1.29. The van der Waals surface area contributed by atoms with Crippen molar-refractivity contribution in [3.63, 3.8) is 0 Å². The van der Waals surface area contributed by atoms with Gasteiger partial charge in [-0.3, -0.25) is 14.2 Å². The van der Waals surface area contributed by atoms with E-state index in [0.717, 1.165) is 41.1 Å². The number of nitrogens with one attached hydrogen (secondary N) is 1. The van der Waals surface area contributed by atoms with Crippen molar-refractivity contribution in [3.05, 3.63) is 55.8 Å². The topological polar surface area (TPSA) is 126 Å². The summed E-state index contributed by atoms with van der Waals surface area (Å²) in [6.07, 6.45) is 7.37. The number of nitrogens with zero attached hydrogens (tertiary/aromatic N) is 3. The van der Waals surface area contributed by atoms with E-state index in [1.165, 1.54) is 38.5 Å². The zero-order valence-electron chi connectivity index (χ0n) is 19.0. The van der Waals surface area contributed by atoms with E-state index in [1.54, 1.807) is 0 Å². The molecule has 10 heteroatoms. The van der Waals surface area contributed by atoms with Gasteiger partial charge in [0.15, 0.2) is 0 Å². The van der Waals surface area contributed by atoms with E-state index in [1.807, 2.05) is 0 Å². The van der Waals surface area contributed by atoms with Gasteiger partial charge in [0.2, 0.25) is 0 Å². The first-order valence-corrected chi connectivity index (χ1v) is 11.6. The summed E-state index contributed by atoms with van der Waals surface area (Å²) in [7, 11) is 0. The number of aliphatic hydroxyl groups is 2. The molecule has 1 amide bonds. The van der Waals surface area contributed by atoms with Crippen LogP contribution in [0.3, 0.4) is 0 Å². The Morgan fingerprint density at radius 3 is 2.45 bits per heavy atom. The monoisotopic (exact) mass is 478 g/mol. The molecule has 1 aliphatic carbocycles. The van der Waals surface area contributed by atoms with Gasteiger partial charge in [0.1, 0.15) is 6.20 Å². The molecule has 0 saturated heterocycles. The predicted octanol–water partition coefficient (Wildman–Crippen LogP) is 2.02. The first kappa shape index (κ1) is 25.1. The zero-order valence-corrected chi connectivity index (χ0v) is 19.8. The molecular weight excluding hydrogens is 448 g/mol. The molecule has 1 heterocycles. The minimum Gasteiger partial charge on any atom is -0.389 e. The van der Waals surface area contributed by atoms with Crippen LogP contribution >= 0.6 is 11.6 Å². The Hall–Kier alpha value is -2.49. The molecule has 0 unspecified atom stereocenters. The molecule has 0 bridgehead atoms. The van der Waals surface area contributed by atoms with Gasteiger partial charge in [0.05, 0.1) is 34.0 Å². The standard InChI is InChI=1S/C23H31ClN4O5/c1-22(2,32)15-27-19(29)13-26-28(21(27)31)16-8-9-18(24)17(12-16)20(30)25-14-23(33)10-6-4-3-5-7-11-23/h8-9,12-13,32-33H,3-7,10-11,14-15H2,1-2H3,(H,25,30). The molecular formula is C23H31ClN4O5. The van der Waals surface area contributed by atoms with Crippen LogP contribution in [-0.4, -0.2) is 48.2 Å². The average molecular weight is 479 g/mol. The lowest BCUT2D eigenvalue weighted by atomic mass is 9.87. The van der Waals surface area contributed by atoms with E-state index in [0.29, 0.717) is 12.8 Å². The van der Waals surface area contributed by atoms with Gasteiger partial charge in [-0.2, -0.15) is 9.78 Å². The van der Waals surface area contributed by atoms with E-state index in [4.69, 9.17) is 11.6 Å². The van der Waals surface area contributed by atoms with E-state index >= 15 is 0 Å². The van der Waals surface area contributed by atoms with Gasteiger partial charge in [-0.15, -0.1) is 0 Å². The van der Waals surface area contributed by atoms with Crippen LogP contribution in [0.2, 0.25) is 5.02 Å². The van der Waals surface area contributed by atoms with Crippen LogP contribution in [0.5, 0.6) is 0 Å².